The summed E-state index contributed by atoms with van der Waals surface area (Å²) >= 11 is 0. The fourth-order valence-corrected chi connectivity index (χ4v) is 3.45. The number of methoxy groups -OCH3 is 1. The molecule has 3 amide bonds. The molecular formula is C25H23N3O5. The molecule has 0 radical (unpaired) electrons. The van der Waals surface area contributed by atoms with Gasteiger partial charge in [-0.15, -0.1) is 0 Å². The van der Waals surface area contributed by atoms with Gasteiger partial charge in [0.25, 0.3) is 5.91 Å². The average molecular weight is 445 g/mol. The molecule has 8 nitrogen and oxygen atoms in total. The van der Waals surface area contributed by atoms with E-state index in [0.717, 1.165) is 11.3 Å². The van der Waals surface area contributed by atoms with Crippen LogP contribution in [0.15, 0.2) is 72.8 Å². The Morgan fingerprint density at radius 2 is 1.67 bits per heavy atom. The lowest BCUT2D eigenvalue weighted by atomic mass is 10.1. The van der Waals surface area contributed by atoms with E-state index in [9.17, 15) is 14.4 Å². The van der Waals surface area contributed by atoms with Gasteiger partial charge in [-0.05, 0) is 48.0 Å². The van der Waals surface area contributed by atoms with E-state index in [1.54, 1.807) is 49.6 Å². The quantitative estimate of drug-likeness (QED) is 0.582. The zero-order chi connectivity index (χ0) is 23.2. The van der Waals surface area contributed by atoms with Crippen LogP contribution in [0.5, 0.6) is 11.5 Å². The molecule has 1 aliphatic rings. The van der Waals surface area contributed by atoms with Crippen LogP contribution in [0.4, 0.5) is 17.1 Å². The highest BCUT2D eigenvalue weighted by molar-refractivity contribution is 6.05. The van der Waals surface area contributed by atoms with Crippen LogP contribution >= 0.6 is 0 Å². The predicted molar refractivity (Wildman–Crippen MR) is 125 cm³/mol. The molecule has 1 aliphatic heterocycles. The summed E-state index contributed by atoms with van der Waals surface area (Å²) in [6, 6.07) is 21.2. The summed E-state index contributed by atoms with van der Waals surface area (Å²) in [4.78, 5) is 38.9. The van der Waals surface area contributed by atoms with E-state index >= 15 is 0 Å². The number of rotatable bonds is 7. The monoisotopic (exact) mass is 445 g/mol. The van der Waals surface area contributed by atoms with E-state index in [4.69, 9.17) is 9.47 Å². The van der Waals surface area contributed by atoms with Crippen molar-refractivity contribution in [2.24, 2.45) is 0 Å². The van der Waals surface area contributed by atoms with Crippen molar-refractivity contribution in [3.63, 3.8) is 0 Å². The minimum Gasteiger partial charge on any atom is -0.497 e. The number of amides is 3. The Morgan fingerprint density at radius 1 is 0.939 bits per heavy atom. The van der Waals surface area contributed by atoms with Gasteiger partial charge in [-0.2, -0.15) is 0 Å². The summed E-state index contributed by atoms with van der Waals surface area (Å²) in [7, 11) is 1.58. The first-order valence-corrected chi connectivity index (χ1v) is 10.4. The summed E-state index contributed by atoms with van der Waals surface area (Å²) < 4.78 is 10.6. The molecule has 0 aliphatic carbocycles. The Balaban J connectivity index is 1.45. The highest BCUT2D eigenvalue weighted by Gasteiger charge is 2.28. The van der Waals surface area contributed by atoms with E-state index < -0.39 is 0 Å². The highest BCUT2D eigenvalue weighted by atomic mass is 16.5. The Kier molecular flexibility index (Phi) is 6.54. The number of hydrogen-bond acceptors (Lipinski definition) is 5. The minimum atomic E-state index is -0.340. The Morgan fingerprint density at radius 3 is 2.39 bits per heavy atom. The third-order valence-corrected chi connectivity index (χ3v) is 5.07. The van der Waals surface area contributed by atoms with Crippen molar-refractivity contribution in [3.05, 3.63) is 78.4 Å². The molecule has 33 heavy (non-hydrogen) atoms. The van der Waals surface area contributed by atoms with Gasteiger partial charge in [0.15, 0.2) is 6.61 Å². The van der Waals surface area contributed by atoms with Crippen LogP contribution in [0.1, 0.15) is 5.56 Å². The fourth-order valence-electron chi connectivity index (χ4n) is 3.45. The summed E-state index contributed by atoms with van der Waals surface area (Å²) in [5, 5.41) is 5.60. The van der Waals surface area contributed by atoms with Gasteiger partial charge in [-0.3, -0.25) is 19.3 Å². The number of nitrogens with one attached hydrogen (secondary N) is 2. The molecular weight excluding hydrogens is 422 g/mol. The largest absolute Gasteiger partial charge is 0.497 e. The van der Waals surface area contributed by atoms with Gasteiger partial charge < -0.3 is 20.1 Å². The molecule has 3 aromatic carbocycles. The second-order valence-electron chi connectivity index (χ2n) is 7.44. The number of fused-ring (bicyclic) bond motifs is 1. The average Bonchev–Trinajstić information content (AvgIpc) is 2.82. The molecule has 0 fully saturated rings. The van der Waals surface area contributed by atoms with Crippen LogP contribution < -0.4 is 25.0 Å². The molecule has 0 bridgehead atoms. The van der Waals surface area contributed by atoms with Crippen LogP contribution in [0.3, 0.4) is 0 Å². The predicted octanol–water partition coefficient (Wildman–Crippen LogP) is 3.24. The lowest BCUT2D eigenvalue weighted by molar-refractivity contribution is -0.123. The molecule has 0 spiro atoms. The van der Waals surface area contributed by atoms with Crippen molar-refractivity contribution in [2.45, 2.75) is 6.42 Å². The first-order chi connectivity index (χ1) is 16.0. The van der Waals surface area contributed by atoms with Gasteiger partial charge in [0.05, 0.1) is 19.2 Å². The molecule has 0 saturated heterocycles. The Bertz CT molecular complexity index is 1160. The third kappa shape index (κ3) is 5.48. The van der Waals surface area contributed by atoms with E-state index in [0.29, 0.717) is 22.8 Å². The zero-order valence-corrected chi connectivity index (χ0v) is 18.0. The van der Waals surface area contributed by atoms with E-state index in [1.165, 1.54) is 4.90 Å². The molecule has 0 unspecified atom stereocenters. The SMILES string of the molecule is COc1ccc(CC(=O)Nc2ccc3c(c2)N(CC(=O)Nc2ccccc2)C(=O)CO3)cc1. The number of hydrogen-bond donors (Lipinski definition) is 2. The number of carbonyl (C=O) groups excluding carboxylic acids is 3. The topological polar surface area (TPSA) is 97.0 Å². The van der Waals surface area contributed by atoms with Crippen molar-refractivity contribution in [2.75, 3.05) is 35.8 Å². The van der Waals surface area contributed by atoms with Crippen molar-refractivity contribution in [1.29, 1.82) is 0 Å². The van der Waals surface area contributed by atoms with Crippen molar-refractivity contribution >= 4 is 34.8 Å². The highest BCUT2D eigenvalue weighted by Crippen LogP contribution is 2.34. The van der Waals surface area contributed by atoms with Crippen LogP contribution in [0.25, 0.3) is 0 Å². The number of nitrogens with zero attached hydrogens (tertiary/aromatic N) is 1. The number of carbonyl (C=O) groups is 3. The second kappa shape index (κ2) is 9.86. The van der Waals surface area contributed by atoms with Gasteiger partial charge in [-0.25, -0.2) is 0 Å². The fraction of sp³-hybridized carbons (Fsp3) is 0.160. The maximum atomic E-state index is 12.5. The summed E-state index contributed by atoms with van der Waals surface area (Å²) in [6.45, 7) is -0.331. The first kappa shape index (κ1) is 21.9. The van der Waals surface area contributed by atoms with E-state index in [-0.39, 0.29) is 37.3 Å². The maximum Gasteiger partial charge on any atom is 0.265 e. The Hall–Kier alpha value is -4.33. The zero-order valence-electron chi connectivity index (χ0n) is 18.0. The lowest BCUT2D eigenvalue weighted by Gasteiger charge is -2.29. The number of anilines is 3. The standard InChI is InChI=1S/C25H23N3O5/c1-32-20-10-7-17(8-11-20)13-23(29)27-19-9-12-22-21(14-19)28(25(31)16-33-22)15-24(30)26-18-5-3-2-4-6-18/h2-12,14H,13,15-16H2,1H3,(H,26,30)(H,27,29). The van der Waals surface area contributed by atoms with Crippen LogP contribution in [-0.2, 0) is 20.8 Å². The normalized spacial score (nSPS) is 12.4. The number of benzene rings is 3. The van der Waals surface area contributed by atoms with Crippen LogP contribution in [-0.4, -0.2) is 38.0 Å². The Labute approximate surface area is 191 Å². The second-order valence-corrected chi connectivity index (χ2v) is 7.44. The molecule has 2 N–H and O–H groups in total. The lowest BCUT2D eigenvalue weighted by Crippen LogP contribution is -2.43. The number of para-hydroxylation sites is 1. The van der Waals surface area contributed by atoms with Crippen molar-refractivity contribution in [1.82, 2.24) is 0 Å². The molecule has 0 aromatic heterocycles. The van der Waals surface area contributed by atoms with Gasteiger partial charge in [0, 0.05) is 11.4 Å². The van der Waals surface area contributed by atoms with Gasteiger partial charge in [0.2, 0.25) is 11.8 Å². The molecule has 0 atom stereocenters. The summed E-state index contributed by atoms with van der Waals surface area (Å²) in [5.41, 5.74) is 2.41. The molecule has 8 heteroatoms. The third-order valence-electron chi connectivity index (χ3n) is 5.07. The minimum absolute atomic E-state index is 0.158. The molecule has 168 valence electrons. The van der Waals surface area contributed by atoms with Crippen molar-refractivity contribution in [3.8, 4) is 11.5 Å². The molecule has 1 heterocycles. The van der Waals surface area contributed by atoms with Crippen LogP contribution in [0.2, 0.25) is 0 Å². The van der Waals surface area contributed by atoms with Gasteiger partial charge >= 0.3 is 0 Å². The summed E-state index contributed by atoms with van der Waals surface area (Å²) in [5.74, 6) is 0.297. The smallest absolute Gasteiger partial charge is 0.265 e. The first-order valence-electron chi connectivity index (χ1n) is 10.4. The molecule has 0 saturated carbocycles. The van der Waals surface area contributed by atoms with Gasteiger partial charge in [-0.1, -0.05) is 30.3 Å². The van der Waals surface area contributed by atoms with Gasteiger partial charge in [0.1, 0.15) is 18.0 Å². The van der Waals surface area contributed by atoms with Crippen LogP contribution in [0, 0.1) is 0 Å². The van der Waals surface area contributed by atoms with Crippen molar-refractivity contribution < 1.29 is 23.9 Å². The van der Waals surface area contributed by atoms with E-state index in [1.807, 2.05) is 30.3 Å². The molecule has 4 rings (SSSR count). The molecule has 3 aromatic rings. The maximum absolute atomic E-state index is 12.5. The summed E-state index contributed by atoms with van der Waals surface area (Å²) in [6.07, 6.45) is 0.180. The number of ether oxygens (including phenoxy) is 2. The van der Waals surface area contributed by atoms with E-state index in [2.05, 4.69) is 10.6 Å².